The van der Waals surface area contributed by atoms with Crippen LogP contribution in [-0.4, -0.2) is 42.5 Å². The van der Waals surface area contributed by atoms with Gasteiger partial charge in [0.1, 0.15) is 11.3 Å². The molecule has 0 aliphatic carbocycles. The number of imidazole rings is 1. The second-order valence-electron chi connectivity index (χ2n) is 8.23. The first-order chi connectivity index (χ1) is 14.2. The van der Waals surface area contributed by atoms with Crippen LogP contribution in [-0.2, 0) is 6.54 Å². The highest BCUT2D eigenvalue weighted by atomic mass is 15.2. The molecular weight excluding hydrogens is 360 g/mol. The Labute approximate surface area is 170 Å². The summed E-state index contributed by atoms with van der Waals surface area (Å²) in [5.41, 5.74) is 5.26. The van der Waals surface area contributed by atoms with Crippen LogP contribution in [0.1, 0.15) is 50.0 Å². The Kier molecular flexibility index (Phi) is 4.72. The SMILES string of the molecule is CC(C)c1nc2cccnc2n1C1CCN(Cc2ccc3nccnc3c2)CC1. The minimum atomic E-state index is 0.390. The average Bonchev–Trinajstić information content (AvgIpc) is 3.14. The molecule has 29 heavy (non-hydrogen) atoms. The van der Waals surface area contributed by atoms with Crippen LogP contribution in [0, 0.1) is 0 Å². The van der Waals surface area contributed by atoms with Gasteiger partial charge in [0.05, 0.1) is 11.0 Å². The van der Waals surface area contributed by atoms with E-state index in [-0.39, 0.29) is 0 Å². The normalized spacial score (nSPS) is 16.2. The first-order valence-corrected chi connectivity index (χ1v) is 10.4. The summed E-state index contributed by atoms with van der Waals surface area (Å²) in [5.74, 6) is 1.55. The Morgan fingerprint density at radius 3 is 2.52 bits per heavy atom. The molecule has 5 rings (SSSR count). The lowest BCUT2D eigenvalue weighted by atomic mass is 10.0. The van der Waals surface area contributed by atoms with Gasteiger partial charge in [-0.3, -0.25) is 14.9 Å². The van der Waals surface area contributed by atoms with Crippen molar-refractivity contribution in [3.63, 3.8) is 0 Å². The number of fused-ring (bicyclic) bond motifs is 2. The van der Waals surface area contributed by atoms with Crippen LogP contribution in [0.5, 0.6) is 0 Å². The zero-order chi connectivity index (χ0) is 19.8. The average molecular weight is 387 g/mol. The van der Waals surface area contributed by atoms with E-state index in [0.29, 0.717) is 12.0 Å². The van der Waals surface area contributed by atoms with Gasteiger partial charge in [-0.25, -0.2) is 9.97 Å². The lowest BCUT2D eigenvalue weighted by Crippen LogP contribution is -2.34. The third kappa shape index (κ3) is 3.49. The molecule has 0 atom stereocenters. The minimum absolute atomic E-state index is 0.390. The van der Waals surface area contributed by atoms with Gasteiger partial charge in [-0.1, -0.05) is 19.9 Å². The largest absolute Gasteiger partial charge is 0.309 e. The maximum Gasteiger partial charge on any atom is 0.160 e. The summed E-state index contributed by atoms with van der Waals surface area (Å²) in [6.45, 7) is 7.55. The molecule has 1 aliphatic rings. The molecule has 0 unspecified atom stereocenters. The highest BCUT2D eigenvalue weighted by molar-refractivity contribution is 5.74. The molecule has 148 valence electrons. The van der Waals surface area contributed by atoms with Crippen molar-refractivity contribution >= 4 is 22.2 Å². The van der Waals surface area contributed by atoms with Crippen LogP contribution >= 0.6 is 0 Å². The summed E-state index contributed by atoms with van der Waals surface area (Å²) in [7, 11) is 0. The van der Waals surface area contributed by atoms with E-state index in [4.69, 9.17) is 4.98 Å². The van der Waals surface area contributed by atoms with E-state index in [1.165, 1.54) is 5.56 Å². The quantitative estimate of drug-likeness (QED) is 0.522. The molecule has 1 fully saturated rings. The van der Waals surface area contributed by atoms with Gasteiger partial charge in [0.2, 0.25) is 0 Å². The summed E-state index contributed by atoms with van der Waals surface area (Å²) in [5, 5.41) is 0. The van der Waals surface area contributed by atoms with Crippen molar-refractivity contribution in [2.24, 2.45) is 0 Å². The molecule has 0 N–H and O–H groups in total. The number of aromatic nitrogens is 5. The molecule has 1 aliphatic heterocycles. The zero-order valence-corrected chi connectivity index (χ0v) is 17.0. The lowest BCUT2D eigenvalue weighted by molar-refractivity contribution is 0.179. The number of likely N-dealkylation sites (tertiary alicyclic amines) is 1. The number of piperidine rings is 1. The van der Waals surface area contributed by atoms with Crippen molar-refractivity contribution in [2.45, 2.75) is 45.2 Å². The molecule has 0 spiro atoms. The Bertz CT molecular complexity index is 1140. The van der Waals surface area contributed by atoms with Gasteiger partial charge < -0.3 is 4.57 Å². The van der Waals surface area contributed by atoms with Gasteiger partial charge in [0, 0.05) is 50.2 Å². The van der Waals surface area contributed by atoms with Crippen molar-refractivity contribution in [1.82, 2.24) is 29.4 Å². The maximum absolute atomic E-state index is 4.88. The molecule has 0 bridgehead atoms. The van der Waals surface area contributed by atoms with Crippen LogP contribution in [0.2, 0.25) is 0 Å². The number of pyridine rings is 1. The van der Waals surface area contributed by atoms with Gasteiger partial charge in [0.15, 0.2) is 5.65 Å². The van der Waals surface area contributed by atoms with Crippen LogP contribution < -0.4 is 0 Å². The summed E-state index contributed by atoms with van der Waals surface area (Å²) in [6.07, 6.45) is 7.62. The van der Waals surface area contributed by atoms with E-state index in [9.17, 15) is 0 Å². The van der Waals surface area contributed by atoms with Gasteiger partial charge in [0.25, 0.3) is 0 Å². The first-order valence-electron chi connectivity index (χ1n) is 10.4. The minimum Gasteiger partial charge on any atom is -0.309 e. The summed E-state index contributed by atoms with van der Waals surface area (Å²) >= 11 is 0. The molecule has 0 radical (unpaired) electrons. The topological polar surface area (TPSA) is 59.7 Å². The number of rotatable bonds is 4. The molecular formula is C23H26N6. The van der Waals surface area contributed by atoms with Crippen molar-refractivity contribution in [1.29, 1.82) is 0 Å². The fourth-order valence-corrected chi connectivity index (χ4v) is 4.42. The number of hydrogen-bond acceptors (Lipinski definition) is 5. The van der Waals surface area contributed by atoms with Gasteiger partial charge in [-0.2, -0.15) is 0 Å². The molecule has 4 heterocycles. The Morgan fingerprint density at radius 2 is 1.72 bits per heavy atom. The molecule has 6 heteroatoms. The zero-order valence-electron chi connectivity index (χ0n) is 17.0. The van der Waals surface area contributed by atoms with Gasteiger partial charge in [-0.05, 0) is 42.7 Å². The highest BCUT2D eigenvalue weighted by Crippen LogP contribution is 2.31. The Hall–Kier alpha value is -2.86. The fourth-order valence-electron chi connectivity index (χ4n) is 4.42. The molecule has 4 aromatic rings. The van der Waals surface area contributed by atoms with E-state index in [2.05, 4.69) is 62.5 Å². The van der Waals surface area contributed by atoms with Crippen molar-refractivity contribution in [3.8, 4) is 0 Å². The fraction of sp³-hybridized carbons (Fsp3) is 0.391. The summed E-state index contributed by atoms with van der Waals surface area (Å²) < 4.78 is 2.41. The predicted molar refractivity (Wildman–Crippen MR) is 115 cm³/mol. The van der Waals surface area contributed by atoms with Crippen LogP contribution in [0.25, 0.3) is 22.2 Å². The predicted octanol–water partition coefficient (Wildman–Crippen LogP) is 4.34. The second-order valence-corrected chi connectivity index (χ2v) is 8.23. The van der Waals surface area contributed by atoms with Crippen LogP contribution in [0.4, 0.5) is 0 Å². The van der Waals surface area contributed by atoms with Gasteiger partial charge >= 0.3 is 0 Å². The van der Waals surface area contributed by atoms with Crippen molar-refractivity contribution in [3.05, 3.63) is 60.3 Å². The van der Waals surface area contributed by atoms with Crippen molar-refractivity contribution < 1.29 is 0 Å². The van der Waals surface area contributed by atoms with E-state index in [0.717, 1.165) is 60.5 Å². The second kappa shape index (κ2) is 7.52. The van der Waals surface area contributed by atoms with E-state index >= 15 is 0 Å². The Morgan fingerprint density at radius 1 is 0.931 bits per heavy atom. The number of benzene rings is 1. The monoisotopic (exact) mass is 386 g/mol. The molecule has 1 saturated heterocycles. The van der Waals surface area contributed by atoms with Crippen LogP contribution in [0.3, 0.4) is 0 Å². The molecule has 0 amide bonds. The van der Waals surface area contributed by atoms with E-state index in [1.54, 1.807) is 12.4 Å². The smallest absolute Gasteiger partial charge is 0.160 e. The first kappa shape index (κ1) is 18.2. The highest BCUT2D eigenvalue weighted by Gasteiger charge is 2.26. The third-order valence-electron chi connectivity index (χ3n) is 5.85. The summed E-state index contributed by atoms with van der Waals surface area (Å²) in [6, 6.07) is 10.9. The lowest BCUT2D eigenvalue weighted by Gasteiger charge is -2.33. The third-order valence-corrected chi connectivity index (χ3v) is 5.85. The molecule has 0 saturated carbocycles. The molecule has 6 nitrogen and oxygen atoms in total. The van der Waals surface area contributed by atoms with Gasteiger partial charge in [-0.15, -0.1) is 0 Å². The van der Waals surface area contributed by atoms with Crippen LogP contribution in [0.15, 0.2) is 48.9 Å². The Balaban J connectivity index is 1.33. The number of hydrogen-bond donors (Lipinski definition) is 0. The standard InChI is InChI=1S/C23H26N6/c1-16(2)22-27-20-4-3-9-26-23(20)29(22)18-7-12-28(13-8-18)15-17-5-6-19-21(14-17)25-11-10-24-19/h3-6,9-11,14,16,18H,7-8,12-13,15H2,1-2H3. The van der Waals surface area contributed by atoms with Crippen molar-refractivity contribution in [2.75, 3.05) is 13.1 Å². The maximum atomic E-state index is 4.88. The molecule has 3 aromatic heterocycles. The number of nitrogens with zero attached hydrogens (tertiary/aromatic N) is 6. The molecule has 1 aromatic carbocycles. The van der Waals surface area contributed by atoms with E-state index in [1.807, 2.05) is 12.3 Å². The van der Waals surface area contributed by atoms with E-state index < -0.39 is 0 Å². The summed E-state index contributed by atoms with van der Waals surface area (Å²) in [4.78, 5) is 20.9.